The van der Waals surface area contributed by atoms with Gasteiger partial charge < -0.3 is 5.32 Å². The number of carbonyl (C=O) groups excluding carboxylic acids is 1. The molecule has 0 aromatic heterocycles. The minimum Gasteiger partial charge on any atom is -0.324 e. The molecule has 0 saturated carbocycles. The van der Waals surface area contributed by atoms with E-state index in [0.29, 0.717) is 28.9 Å². The van der Waals surface area contributed by atoms with E-state index in [-0.39, 0.29) is 5.91 Å². The zero-order valence-corrected chi connectivity index (χ0v) is 12.3. The molecule has 1 amide bonds. The Bertz CT molecular complexity index is 538. The fraction of sp³-hybridized carbons (Fsp3) is 0.467. The molecule has 1 aliphatic rings. The van der Waals surface area contributed by atoms with Crippen molar-refractivity contribution in [2.24, 2.45) is 0 Å². The fourth-order valence-corrected chi connectivity index (χ4v) is 2.66. The number of benzene rings is 1. The molecule has 1 aliphatic heterocycles. The van der Waals surface area contributed by atoms with Crippen molar-refractivity contribution in [3.05, 3.63) is 28.8 Å². The highest BCUT2D eigenvalue weighted by molar-refractivity contribution is 6.31. The van der Waals surface area contributed by atoms with E-state index in [1.165, 1.54) is 6.42 Å². The third kappa shape index (κ3) is 3.72. The Morgan fingerprint density at radius 3 is 3.05 bits per heavy atom. The molecule has 4 nitrogen and oxygen atoms in total. The summed E-state index contributed by atoms with van der Waals surface area (Å²) < 4.78 is 0. The highest BCUT2D eigenvalue weighted by atomic mass is 35.5. The van der Waals surface area contributed by atoms with Crippen LogP contribution in [0.5, 0.6) is 0 Å². The Morgan fingerprint density at radius 1 is 1.55 bits per heavy atom. The van der Waals surface area contributed by atoms with Gasteiger partial charge in [0.05, 0.1) is 17.8 Å². The van der Waals surface area contributed by atoms with Gasteiger partial charge in [0.1, 0.15) is 6.07 Å². The molecule has 0 bridgehead atoms. The Morgan fingerprint density at radius 2 is 2.35 bits per heavy atom. The number of hydrogen-bond acceptors (Lipinski definition) is 3. The summed E-state index contributed by atoms with van der Waals surface area (Å²) in [6, 6.07) is 7.35. The first-order valence-corrected chi connectivity index (χ1v) is 7.21. The minimum absolute atomic E-state index is 0.0995. The normalized spacial score (nSPS) is 19.4. The monoisotopic (exact) mass is 291 g/mol. The lowest BCUT2D eigenvalue weighted by atomic mass is 10.0. The molecule has 1 fully saturated rings. The van der Waals surface area contributed by atoms with Gasteiger partial charge >= 0.3 is 0 Å². The van der Waals surface area contributed by atoms with Crippen LogP contribution in [0.15, 0.2) is 18.2 Å². The first-order valence-electron chi connectivity index (χ1n) is 6.83. The maximum absolute atomic E-state index is 12.1. The fourth-order valence-electron chi connectivity index (χ4n) is 2.48. The molecule has 1 aromatic carbocycles. The molecule has 0 spiro atoms. The molecule has 0 aliphatic carbocycles. The molecule has 0 unspecified atom stereocenters. The van der Waals surface area contributed by atoms with E-state index in [2.05, 4.69) is 23.2 Å². The average molecular weight is 292 g/mol. The van der Waals surface area contributed by atoms with E-state index in [1.54, 1.807) is 18.2 Å². The summed E-state index contributed by atoms with van der Waals surface area (Å²) in [6.07, 6.45) is 3.50. The van der Waals surface area contributed by atoms with Crippen molar-refractivity contribution in [1.82, 2.24) is 4.90 Å². The minimum atomic E-state index is -0.0995. The van der Waals surface area contributed by atoms with Gasteiger partial charge in [-0.3, -0.25) is 9.69 Å². The number of nitrogens with zero attached hydrogens (tertiary/aromatic N) is 2. The molecule has 1 saturated heterocycles. The Labute approximate surface area is 124 Å². The number of nitrogens with one attached hydrogen (secondary N) is 1. The molecule has 1 heterocycles. The molecule has 2 rings (SSSR count). The molecular weight excluding hydrogens is 274 g/mol. The second-order valence-electron chi connectivity index (χ2n) is 5.17. The molecule has 1 aromatic rings. The number of hydrogen-bond donors (Lipinski definition) is 1. The first kappa shape index (κ1) is 14.8. The number of piperidine rings is 1. The van der Waals surface area contributed by atoms with Gasteiger partial charge in [-0.2, -0.15) is 5.26 Å². The highest BCUT2D eigenvalue weighted by Gasteiger charge is 2.20. The van der Waals surface area contributed by atoms with Crippen molar-refractivity contribution in [2.45, 2.75) is 32.2 Å². The zero-order valence-electron chi connectivity index (χ0n) is 11.5. The molecule has 0 radical (unpaired) electrons. The van der Waals surface area contributed by atoms with Gasteiger partial charge in [0.25, 0.3) is 0 Å². The number of amides is 1. The van der Waals surface area contributed by atoms with Crippen LogP contribution in [0.25, 0.3) is 0 Å². The van der Waals surface area contributed by atoms with Gasteiger partial charge in [-0.05, 0) is 44.5 Å². The maximum Gasteiger partial charge on any atom is 0.238 e. The van der Waals surface area contributed by atoms with E-state index in [0.717, 1.165) is 19.4 Å². The SMILES string of the molecule is C[C@@H]1CCCCN1CC(=O)Nc1cc(Cl)ccc1C#N. The van der Waals surface area contributed by atoms with Crippen LogP contribution in [0.1, 0.15) is 31.7 Å². The molecule has 1 atom stereocenters. The molecule has 20 heavy (non-hydrogen) atoms. The van der Waals surface area contributed by atoms with E-state index in [4.69, 9.17) is 16.9 Å². The second-order valence-corrected chi connectivity index (χ2v) is 5.60. The van der Waals surface area contributed by atoms with Crippen molar-refractivity contribution < 1.29 is 4.79 Å². The Balaban J connectivity index is 2.01. The van der Waals surface area contributed by atoms with Crippen molar-refractivity contribution in [1.29, 1.82) is 5.26 Å². The second kappa shape index (κ2) is 6.74. The highest BCUT2D eigenvalue weighted by Crippen LogP contribution is 2.21. The average Bonchev–Trinajstić information content (AvgIpc) is 2.41. The smallest absolute Gasteiger partial charge is 0.238 e. The number of halogens is 1. The summed E-state index contributed by atoms with van der Waals surface area (Å²) in [6.45, 7) is 3.46. The predicted octanol–water partition coefficient (Wildman–Crippen LogP) is 3.02. The van der Waals surface area contributed by atoms with Crippen LogP contribution in [0.2, 0.25) is 5.02 Å². The zero-order chi connectivity index (χ0) is 14.5. The lowest BCUT2D eigenvalue weighted by Crippen LogP contribution is -2.42. The topological polar surface area (TPSA) is 56.1 Å². The van der Waals surface area contributed by atoms with Gasteiger partial charge in [-0.15, -0.1) is 0 Å². The van der Waals surface area contributed by atoms with E-state index in [1.807, 2.05) is 0 Å². The van der Waals surface area contributed by atoms with E-state index < -0.39 is 0 Å². The summed E-state index contributed by atoms with van der Waals surface area (Å²) in [7, 11) is 0. The van der Waals surface area contributed by atoms with Gasteiger partial charge in [0, 0.05) is 11.1 Å². The maximum atomic E-state index is 12.1. The largest absolute Gasteiger partial charge is 0.324 e. The quantitative estimate of drug-likeness (QED) is 0.931. The number of rotatable bonds is 3. The van der Waals surface area contributed by atoms with Crippen LogP contribution in [0, 0.1) is 11.3 Å². The third-order valence-corrected chi connectivity index (χ3v) is 3.90. The van der Waals surface area contributed by atoms with Crippen LogP contribution in [0.4, 0.5) is 5.69 Å². The summed E-state index contributed by atoms with van der Waals surface area (Å²) in [5.74, 6) is -0.0995. The Kier molecular flexibility index (Phi) is 4.99. The van der Waals surface area contributed by atoms with Crippen molar-refractivity contribution in [2.75, 3.05) is 18.4 Å². The number of likely N-dealkylation sites (tertiary alicyclic amines) is 1. The van der Waals surface area contributed by atoms with Crippen LogP contribution in [-0.2, 0) is 4.79 Å². The van der Waals surface area contributed by atoms with Gasteiger partial charge in [0.2, 0.25) is 5.91 Å². The Hall–Kier alpha value is -1.57. The number of carbonyl (C=O) groups is 1. The standard InChI is InChI=1S/C15H18ClN3O/c1-11-4-2-3-7-19(11)10-15(20)18-14-8-13(16)6-5-12(14)9-17/h5-6,8,11H,2-4,7,10H2,1H3,(H,18,20)/t11-/m1/s1. The lowest BCUT2D eigenvalue weighted by molar-refractivity contribution is -0.118. The summed E-state index contributed by atoms with van der Waals surface area (Å²) in [5.41, 5.74) is 0.907. The van der Waals surface area contributed by atoms with E-state index >= 15 is 0 Å². The van der Waals surface area contributed by atoms with Gasteiger partial charge in [-0.25, -0.2) is 0 Å². The van der Waals surface area contributed by atoms with Crippen molar-refractivity contribution in [3.63, 3.8) is 0 Å². The van der Waals surface area contributed by atoms with Gasteiger partial charge in [0.15, 0.2) is 0 Å². The van der Waals surface area contributed by atoms with Crippen molar-refractivity contribution >= 4 is 23.2 Å². The molecule has 5 heteroatoms. The third-order valence-electron chi connectivity index (χ3n) is 3.66. The first-order chi connectivity index (χ1) is 9.60. The lowest BCUT2D eigenvalue weighted by Gasteiger charge is -2.32. The molecule has 106 valence electrons. The summed E-state index contributed by atoms with van der Waals surface area (Å²) >= 11 is 5.90. The van der Waals surface area contributed by atoms with Crippen LogP contribution in [-0.4, -0.2) is 29.9 Å². The van der Waals surface area contributed by atoms with Crippen LogP contribution in [0.3, 0.4) is 0 Å². The van der Waals surface area contributed by atoms with Crippen molar-refractivity contribution in [3.8, 4) is 6.07 Å². The van der Waals surface area contributed by atoms with Crippen LogP contribution >= 0.6 is 11.6 Å². The molecular formula is C15H18ClN3O. The predicted molar refractivity (Wildman–Crippen MR) is 79.7 cm³/mol. The number of nitriles is 1. The van der Waals surface area contributed by atoms with E-state index in [9.17, 15) is 4.79 Å². The summed E-state index contributed by atoms with van der Waals surface area (Å²) in [5, 5.41) is 12.3. The number of anilines is 1. The summed E-state index contributed by atoms with van der Waals surface area (Å²) in [4.78, 5) is 14.3. The van der Waals surface area contributed by atoms with Gasteiger partial charge in [-0.1, -0.05) is 18.0 Å². The van der Waals surface area contributed by atoms with Crippen LogP contribution < -0.4 is 5.32 Å². The molecule has 1 N–H and O–H groups in total.